The molecule has 1 radical (unpaired) electrons. The minimum atomic E-state index is -1.90. The number of furan rings is 1. The van der Waals surface area contributed by atoms with Gasteiger partial charge < -0.3 is 9.40 Å². The molecule has 0 aliphatic rings. The summed E-state index contributed by atoms with van der Waals surface area (Å²) in [5.41, 5.74) is 5.91. The van der Waals surface area contributed by atoms with Crippen molar-refractivity contribution in [1.82, 2.24) is 9.97 Å². The molecule has 3 nitrogen and oxygen atoms in total. The van der Waals surface area contributed by atoms with Crippen LogP contribution in [-0.4, -0.2) is 23.2 Å². The SMILES string of the molecule is [2H]C([2H])(c1ccnc(-c2[c-]ccc3c2oc2cc(-c4ccccc4)ccc23)c1)C(C)(C)C.[CH3][Ge]([CH3])([CH3])[c]1ccc(-c2[c-]cc(F)cc2F)nc1.[Ir]. The molecule has 0 saturated carbocycles. The molecule has 7 rings (SSSR count). The Morgan fingerprint density at radius 1 is 0.796 bits per heavy atom. The van der Waals surface area contributed by atoms with Crippen LogP contribution < -0.4 is 4.40 Å². The summed E-state index contributed by atoms with van der Waals surface area (Å²) in [7, 11) is 0. The van der Waals surface area contributed by atoms with E-state index >= 15 is 0 Å². The molecule has 0 bridgehead atoms. The Hall–Kier alpha value is -3.97. The van der Waals surface area contributed by atoms with E-state index in [2.05, 4.69) is 69.7 Å². The normalized spacial score (nSPS) is 12.5. The summed E-state index contributed by atoms with van der Waals surface area (Å²) in [6.07, 6.45) is 1.96. The Morgan fingerprint density at radius 2 is 1.57 bits per heavy atom. The third kappa shape index (κ3) is 8.61. The van der Waals surface area contributed by atoms with Crippen LogP contribution in [0.3, 0.4) is 0 Å². The van der Waals surface area contributed by atoms with E-state index in [1.165, 1.54) is 4.40 Å². The van der Waals surface area contributed by atoms with Gasteiger partial charge in [-0.2, -0.15) is 0 Å². The number of benzene rings is 4. The maximum Gasteiger partial charge on any atom is 0 e. The van der Waals surface area contributed by atoms with E-state index in [4.69, 9.17) is 7.16 Å². The van der Waals surface area contributed by atoms with Crippen molar-refractivity contribution < 1.29 is 36.0 Å². The Morgan fingerprint density at radius 3 is 2.24 bits per heavy atom. The summed E-state index contributed by atoms with van der Waals surface area (Å²) < 4.78 is 51.2. The molecule has 0 amide bonds. The van der Waals surface area contributed by atoms with Gasteiger partial charge in [-0.3, -0.25) is 0 Å². The number of hydrogen-bond acceptors (Lipinski definition) is 3. The standard InChI is InChI=1S/C28H24NO.C14H14F2GeN.Ir/c1-28(2,3)18-19-14-15-29-25(16-19)24-11-7-10-23-22-13-12-21(17-26(22)30-27(23)24)20-8-5-4-6-9-20;1-17(2,3)11-5-7-14(18-9-11)12-6-4-10(15)8-13(12)16;/h4-10,12-17H,18H2,1-3H3;4-5,7-9H,1-3H3;/q2*-1;/i18D2;;. The van der Waals surface area contributed by atoms with Gasteiger partial charge in [0, 0.05) is 34.4 Å². The topological polar surface area (TPSA) is 38.9 Å². The maximum absolute atomic E-state index is 13.6. The molecule has 0 N–H and O–H groups in total. The minimum Gasteiger partial charge on any atom is 0 e. The van der Waals surface area contributed by atoms with Crippen molar-refractivity contribution in [1.29, 1.82) is 0 Å². The molecule has 0 aliphatic carbocycles. The molecule has 4 aromatic carbocycles. The van der Waals surface area contributed by atoms with E-state index in [1.54, 1.807) is 24.5 Å². The summed E-state index contributed by atoms with van der Waals surface area (Å²) >= 11 is -1.90. The van der Waals surface area contributed by atoms with Crippen LogP contribution in [0.2, 0.25) is 17.3 Å². The number of nitrogens with zero attached hydrogens (tertiary/aromatic N) is 2. The number of halogens is 2. The summed E-state index contributed by atoms with van der Waals surface area (Å²) in [6.45, 7) is 5.72. The van der Waals surface area contributed by atoms with E-state index in [0.29, 0.717) is 22.5 Å². The first-order valence-corrected chi connectivity index (χ1v) is 23.2. The quantitative estimate of drug-likeness (QED) is 0.128. The zero-order valence-corrected chi connectivity index (χ0v) is 32.8. The van der Waals surface area contributed by atoms with Gasteiger partial charge in [0.15, 0.2) is 0 Å². The van der Waals surface area contributed by atoms with Crippen molar-refractivity contribution in [2.24, 2.45) is 5.41 Å². The maximum atomic E-state index is 13.6. The number of fused-ring (bicyclic) bond motifs is 3. The second-order valence-corrected chi connectivity index (χ2v) is 24.5. The first-order chi connectivity index (χ1) is 23.6. The fourth-order valence-electron chi connectivity index (χ4n) is 5.45. The van der Waals surface area contributed by atoms with Gasteiger partial charge in [-0.05, 0) is 40.7 Å². The Kier molecular flexibility index (Phi) is 10.2. The van der Waals surface area contributed by atoms with E-state index < -0.39 is 36.7 Å². The molecule has 0 aliphatic heterocycles. The predicted molar refractivity (Wildman–Crippen MR) is 196 cm³/mol. The molecular weight excluding hydrogens is 851 g/mol. The van der Waals surface area contributed by atoms with Crippen LogP contribution >= 0.6 is 0 Å². The zero-order chi connectivity index (χ0) is 35.8. The van der Waals surface area contributed by atoms with Gasteiger partial charge >= 0.3 is 108 Å². The van der Waals surface area contributed by atoms with Gasteiger partial charge in [0.25, 0.3) is 0 Å². The first-order valence-electron chi connectivity index (χ1n) is 16.9. The van der Waals surface area contributed by atoms with Gasteiger partial charge in [-0.15, -0.1) is 18.2 Å². The largest absolute Gasteiger partial charge is 0 e. The molecule has 0 unspecified atom stereocenters. The molecule has 3 heterocycles. The Balaban J connectivity index is 0.000000226. The Labute approximate surface area is 306 Å². The molecule has 0 spiro atoms. The Bertz CT molecular complexity index is 2300. The first kappa shape index (κ1) is 33.5. The summed E-state index contributed by atoms with van der Waals surface area (Å²) in [4.78, 5) is 8.79. The van der Waals surface area contributed by atoms with Gasteiger partial charge in [0.2, 0.25) is 0 Å². The number of pyridine rings is 2. The van der Waals surface area contributed by atoms with E-state index in [-0.39, 0.29) is 25.7 Å². The third-order valence-electron chi connectivity index (χ3n) is 7.82. The van der Waals surface area contributed by atoms with Crippen LogP contribution in [0.4, 0.5) is 8.78 Å². The monoisotopic (exact) mass is 893 g/mol. The van der Waals surface area contributed by atoms with Gasteiger partial charge in [-0.25, -0.2) is 0 Å². The van der Waals surface area contributed by atoms with Crippen LogP contribution in [0.15, 0.2) is 114 Å². The molecule has 3 aromatic heterocycles. The fourth-order valence-corrected chi connectivity index (χ4v) is 7.62. The number of hydrogen-bond donors (Lipinski definition) is 0. The summed E-state index contributed by atoms with van der Waals surface area (Å²) in [5.74, 6) is 5.54. The fraction of sp³-hybridized carbons (Fsp3) is 0.190. The molecule has 0 saturated heterocycles. The summed E-state index contributed by atoms with van der Waals surface area (Å²) in [5, 5.41) is 2.04. The average molecular weight is 892 g/mol. The number of rotatable bonds is 5. The third-order valence-corrected chi connectivity index (χ3v) is 12.1. The van der Waals surface area contributed by atoms with Crippen molar-refractivity contribution in [2.45, 2.75) is 44.4 Å². The zero-order valence-electron chi connectivity index (χ0n) is 30.3. The molecule has 0 atom stereocenters. The van der Waals surface area contributed by atoms with Crippen molar-refractivity contribution in [3.8, 4) is 33.6 Å². The molecule has 251 valence electrons. The van der Waals surface area contributed by atoms with Crippen LogP contribution in [0.25, 0.3) is 55.6 Å². The van der Waals surface area contributed by atoms with Gasteiger partial charge in [0.05, 0.1) is 5.58 Å². The average Bonchev–Trinajstić information content (AvgIpc) is 3.46. The smallest absolute Gasteiger partial charge is 0 e. The molecule has 7 heteroatoms. The molecule has 0 fully saturated rings. The van der Waals surface area contributed by atoms with E-state index in [9.17, 15) is 8.78 Å². The summed E-state index contributed by atoms with van der Waals surface area (Å²) in [6, 6.07) is 35.5. The van der Waals surface area contributed by atoms with E-state index in [0.717, 1.165) is 45.2 Å². The van der Waals surface area contributed by atoms with Crippen LogP contribution in [-0.2, 0) is 26.5 Å². The minimum absolute atomic E-state index is 0. The second kappa shape index (κ2) is 14.9. The second-order valence-electron chi connectivity index (χ2n) is 13.8. The molecule has 49 heavy (non-hydrogen) atoms. The van der Waals surface area contributed by atoms with E-state index in [1.807, 2.05) is 63.2 Å². The number of aromatic nitrogens is 2. The molecule has 7 aromatic rings. The van der Waals surface area contributed by atoms with Crippen LogP contribution in [0.1, 0.15) is 29.1 Å². The van der Waals surface area contributed by atoms with Gasteiger partial charge in [-0.1, -0.05) is 85.8 Å². The van der Waals surface area contributed by atoms with Crippen molar-refractivity contribution in [3.63, 3.8) is 0 Å². The van der Waals surface area contributed by atoms with Crippen molar-refractivity contribution in [2.75, 3.05) is 0 Å². The van der Waals surface area contributed by atoms with Gasteiger partial charge in [0.1, 0.15) is 5.58 Å². The molecular formula is C42H38F2GeIrN2O-2. The van der Waals surface area contributed by atoms with Crippen molar-refractivity contribution in [3.05, 3.63) is 139 Å². The van der Waals surface area contributed by atoms with Crippen LogP contribution in [0, 0.1) is 29.2 Å². The van der Waals surface area contributed by atoms with Crippen LogP contribution in [0.5, 0.6) is 0 Å². The van der Waals surface area contributed by atoms with Crippen molar-refractivity contribution >= 4 is 39.6 Å². The predicted octanol–water partition coefficient (Wildman–Crippen LogP) is 11.1.